The summed E-state index contributed by atoms with van der Waals surface area (Å²) in [5.41, 5.74) is 8.57. The number of fused-ring (bicyclic) bond motifs is 3. The summed E-state index contributed by atoms with van der Waals surface area (Å²) >= 11 is 7.69. The van der Waals surface area contributed by atoms with Crippen molar-refractivity contribution in [3.8, 4) is 16.2 Å². The Balaban J connectivity index is 1.65. The van der Waals surface area contributed by atoms with E-state index in [9.17, 15) is 9.59 Å². The van der Waals surface area contributed by atoms with Gasteiger partial charge in [0.25, 0.3) is 11.8 Å². The number of hydrogen-bond donors (Lipinski definition) is 2. The molecule has 0 saturated heterocycles. The number of nitrogens with two attached hydrogens (primary N) is 1. The van der Waals surface area contributed by atoms with E-state index in [0.717, 1.165) is 16.0 Å². The number of amides is 2. The highest BCUT2D eigenvalue weighted by Crippen LogP contribution is 2.41. The molecule has 0 atom stereocenters. The molecule has 4 rings (SSSR count). The number of nitrogens with one attached hydrogen (secondary N) is 1. The SMILES string of the molecule is CN(C(=O)c1cc2c(s1)-c1ccc(C(=O)NCCN)cc1OCC2)c1ccccc1Cl. The van der Waals surface area contributed by atoms with Crippen molar-refractivity contribution in [2.75, 3.05) is 31.6 Å². The third kappa shape index (κ3) is 4.30. The Bertz CT molecular complexity index is 1140. The Morgan fingerprint density at radius 2 is 2.03 bits per heavy atom. The Morgan fingerprint density at radius 3 is 2.81 bits per heavy atom. The van der Waals surface area contributed by atoms with Crippen molar-refractivity contribution in [3.63, 3.8) is 0 Å². The molecule has 0 aliphatic carbocycles. The molecule has 0 bridgehead atoms. The van der Waals surface area contributed by atoms with Gasteiger partial charge in [-0.15, -0.1) is 11.3 Å². The number of anilines is 1. The number of thiophene rings is 1. The summed E-state index contributed by atoms with van der Waals surface area (Å²) in [6.45, 7) is 1.26. The Morgan fingerprint density at radius 1 is 1.23 bits per heavy atom. The molecule has 1 aliphatic heterocycles. The number of nitrogens with zero attached hydrogens (tertiary/aromatic N) is 1. The fourth-order valence-electron chi connectivity index (χ4n) is 3.48. The minimum Gasteiger partial charge on any atom is -0.493 e. The predicted molar refractivity (Wildman–Crippen MR) is 125 cm³/mol. The van der Waals surface area contributed by atoms with E-state index in [2.05, 4.69) is 5.32 Å². The third-order valence-electron chi connectivity index (χ3n) is 5.09. The smallest absolute Gasteiger partial charge is 0.268 e. The molecule has 0 fully saturated rings. The van der Waals surface area contributed by atoms with Gasteiger partial charge in [-0.25, -0.2) is 0 Å². The van der Waals surface area contributed by atoms with E-state index < -0.39 is 0 Å². The molecule has 2 amide bonds. The zero-order chi connectivity index (χ0) is 22.0. The Hall–Kier alpha value is -2.87. The Kier molecular flexibility index (Phi) is 6.27. The highest BCUT2D eigenvalue weighted by Gasteiger charge is 2.24. The van der Waals surface area contributed by atoms with Crippen LogP contribution < -0.4 is 20.7 Å². The van der Waals surface area contributed by atoms with Gasteiger partial charge in [-0.05, 0) is 42.0 Å². The second-order valence-electron chi connectivity index (χ2n) is 7.13. The number of ether oxygens (including phenoxy) is 1. The molecular formula is C23H22ClN3O3S. The van der Waals surface area contributed by atoms with E-state index in [-0.39, 0.29) is 11.8 Å². The maximum atomic E-state index is 13.1. The quantitative estimate of drug-likeness (QED) is 0.609. The molecule has 160 valence electrons. The van der Waals surface area contributed by atoms with E-state index in [0.29, 0.717) is 53.0 Å². The molecule has 1 aromatic heterocycles. The highest BCUT2D eigenvalue weighted by molar-refractivity contribution is 7.17. The van der Waals surface area contributed by atoms with Crippen molar-refractivity contribution in [2.24, 2.45) is 5.73 Å². The minimum atomic E-state index is -0.190. The summed E-state index contributed by atoms with van der Waals surface area (Å²) in [6.07, 6.45) is 0.679. The summed E-state index contributed by atoms with van der Waals surface area (Å²) in [7, 11) is 1.72. The lowest BCUT2D eigenvalue weighted by molar-refractivity contribution is 0.0953. The zero-order valence-corrected chi connectivity index (χ0v) is 18.6. The number of carbonyl (C=O) groups is 2. The summed E-state index contributed by atoms with van der Waals surface area (Å²) in [5, 5.41) is 3.29. The maximum Gasteiger partial charge on any atom is 0.268 e. The molecule has 0 spiro atoms. The van der Waals surface area contributed by atoms with Crippen LogP contribution in [0.25, 0.3) is 10.4 Å². The van der Waals surface area contributed by atoms with Crippen molar-refractivity contribution < 1.29 is 14.3 Å². The first kappa shape index (κ1) is 21.4. The van der Waals surface area contributed by atoms with Crippen LogP contribution in [0.4, 0.5) is 5.69 Å². The first-order valence-corrected chi connectivity index (χ1v) is 11.1. The van der Waals surface area contributed by atoms with Gasteiger partial charge in [-0.1, -0.05) is 23.7 Å². The topological polar surface area (TPSA) is 84.7 Å². The van der Waals surface area contributed by atoms with Crippen molar-refractivity contribution in [2.45, 2.75) is 6.42 Å². The van der Waals surface area contributed by atoms with Gasteiger partial charge in [0.15, 0.2) is 0 Å². The summed E-state index contributed by atoms with van der Waals surface area (Å²) in [5.74, 6) is 0.329. The first-order valence-electron chi connectivity index (χ1n) is 9.90. The first-order chi connectivity index (χ1) is 15.0. The van der Waals surface area contributed by atoms with Gasteiger partial charge >= 0.3 is 0 Å². The molecule has 0 saturated carbocycles. The van der Waals surface area contributed by atoms with Crippen LogP contribution in [0.5, 0.6) is 5.75 Å². The van der Waals surface area contributed by atoms with Crippen LogP contribution in [0, 0.1) is 0 Å². The van der Waals surface area contributed by atoms with Crippen molar-refractivity contribution in [1.29, 1.82) is 0 Å². The standard InChI is InChI=1S/C23H22ClN3O3S/c1-27(18-5-3-2-4-17(18)24)23(29)20-13-14-8-11-30-19-12-15(22(28)26-10-9-25)6-7-16(19)21(14)31-20/h2-7,12-13H,8-11,25H2,1H3,(H,26,28). The van der Waals surface area contributed by atoms with Gasteiger partial charge in [0.2, 0.25) is 0 Å². The van der Waals surface area contributed by atoms with Crippen LogP contribution in [0.2, 0.25) is 5.02 Å². The highest BCUT2D eigenvalue weighted by atomic mass is 35.5. The molecule has 1 aliphatic rings. The molecule has 3 N–H and O–H groups in total. The van der Waals surface area contributed by atoms with E-state index in [1.54, 1.807) is 30.1 Å². The van der Waals surface area contributed by atoms with Gasteiger partial charge < -0.3 is 20.7 Å². The van der Waals surface area contributed by atoms with Gasteiger partial charge in [0, 0.05) is 42.6 Å². The van der Waals surface area contributed by atoms with Gasteiger partial charge in [-0.3, -0.25) is 9.59 Å². The summed E-state index contributed by atoms with van der Waals surface area (Å²) < 4.78 is 5.91. The zero-order valence-electron chi connectivity index (χ0n) is 17.0. The summed E-state index contributed by atoms with van der Waals surface area (Å²) in [6, 6.07) is 14.6. The van der Waals surface area contributed by atoms with Crippen LogP contribution >= 0.6 is 22.9 Å². The summed E-state index contributed by atoms with van der Waals surface area (Å²) in [4.78, 5) is 28.6. The lowest BCUT2D eigenvalue weighted by Crippen LogP contribution is -2.28. The van der Waals surface area contributed by atoms with E-state index in [1.165, 1.54) is 11.3 Å². The monoisotopic (exact) mass is 455 g/mol. The molecular weight excluding hydrogens is 434 g/mol. The largest absolute Gasteiger partial charge is 0.493 e. The third-order valence-corrected chi connectivity index (χ3v) is 6.60. The van der Waals surface area contributed by atoms with Gasteiger partial charge in [0.1, 0.15) is 5.75 Å². The second kappa shape index (κ2) is 9.09. The number of benzene rings is 2. The predicted octanol–water partition coefficient (Wildman–Crippen LogP) is 3.97. The lowest BCUT2D eigenvalue weighted by atomic mass is 10.0. The molecule has 31 heavy (non-hydrogen) atoms. The van der Waals surface area contributed by atoms with Crippen LogP contribution in [0.1, 0.15) is 25.6 Å². The average molecular weight is 456 g/mol. The van der Waals surface area contributed by atoms with E-state index in [1.807, 2.05) is 30.3 Å². The Labute approximate surface area is 189 Å². The van der Waals surface area contributed by atoms with Gasteiger partial charge in [0.05, 0.1) is 22.2 Å². The van der Waals surface area contributed by atoms with Crippen molar-refractivity contribution in [1.82, 2.24) is 5.32 Å². The molecule has 2 heterocycles. The fourth-order valence-corrected chi connectivity index (χ4v) is 4.95. The molecule has 6 nitrogen and oxygen atoms in total. The number of hydrogen-bond acceptors (Lipinski definition) is 5. The lowest BCUT2D eigenvalue weighted by Gasteiger charge is -2.17. The van der Waals surface area contributed by atoms with E-state index >= 15 is 0 Å². The molecule has 0 unspecified atom stereocenters. The average Bonchev–Trinajstić information content (AvgIpc) is 3.13. The van der Waals surface area contributed by atoms with E-state index in [4.69, 9.17) is 22.1 Å². The van der Waals surface area contributed by atoms with Crippen molar-refractivity contribution in [3.05, 3.63) is 69.6 Å². The van der Waals surface area contributed by atoms with Crippen molar-refractivity contribution >= 4 is 40.4 Å². The molecule has 3 aromatic rings. The number of carbonyl (C=O) groups excluding carboxylic acids is 2. The normalized spacial score (nSPS) is 12.2. The number of halogens is 1. The van der Waals surface area contributed by atoms with Crippen LogP contribution in [-0.2, 0) is 6.42 Å². The molecule has 0 radical (unpaired) electrons. The van der Waals surface area contributed by atoms with Crippen LogP contribution in [-0.4, -0.2) is 38.6 Å². The number of rotatable bonds is 5. The molecule has 8 heteroatoms. The minimum absolute atomic E-state index is 0.119. The van der Waals surface area contributed by atoms with Crippen LogP contribution in [0.15, 0.2) is 48.5 Å². The fraction of sp³-hybridized carbons (Fsp3) is 0.217. The number of para-hydroxylation sites is 1. The van der Waals surface area contributed by atoms with Gasteiger partial charge in [-0.2, -0.15) is 0 Å². The maximum absolute atomic E-state index is 13.1. The molecule has 2 aromatic carbocycles. The van der Waals surface area contributed by atoms with Crippen LogP contribution in [0.3, 0.4) is 0 Å². The second-order valence-corrected chi connectivity index (χ2v) is 8.59.